The zero-order chi connectivity index (χ0) is 25.8. The Bertz CT molecular complexity index is 1280. The first-order valence-corrected chi connectivity index (χ1v) is 15.2. The number of nitrogens with zero attached hydrogens (tertiary/aromatic N) is 4. The van der Waals surface area contributed by atoms with Gasteiger partial charge in [-0.15, -0.1) is 0 Å². The van der Waals surface area contributed by atoms with Gasteiger partial charge in [-0.05, 0) is 61.9 Å². The fraction of sp³-hybridized carbons (Fsp3) is 0.483. The second-order valence-electron chi connectivity index (χ2n) is 10.4. The number of aromatic nitrogens is 3. The normalized spacial score (nSPS) is 23.4. The number of hydrogen-bond acceptors (Lipinski definition) is 6. The van der Waals surface area contributed by atoms with E-state index in [1.165, 1.54) is 0 Å². The number of fused-ring (bicyclic) bond motifs is 3. The Balaban J connectivity index is 1.32. The number of sulfonamides is 1. The van der Waals surface area contributed by atoms with Gasteiger partial charge in [-0.1, -0.05) is 44.2 Å². The molecule has 0 saturated carbocycles. The highest BCUT2D eigenvalue weighted by molar-refractivity contribution is 7.88. The van der Waals surface area contributed by atoms with Crippen molar-refractivity contribution >= 4 is 10.0 Å². The van der Waals surface area contributed by atoms with Crippen LogP contribution in [0.3, 0.4) is 0 Å². The van der Waals surface area contributed by atoms with Crippen molar-refractivity contribution in [2.45, 2.75) is 63.2 Å². The van der Waals surface area contributed by atoms with E-state index in [2.05, 4.69) is 34.5 Å². The first-order valence-electron chi connectivity index (χ1n) is 13.5. The fourth-order valence-electron chi connectivity index (χ4n) is 5.98. The van der Waals surface area contributed by atoms with Gasteiger partial charge in [0.1, 0.15) is 0 Å². The quantitative estimate of drug-likeness (QED) is 0.416. The highest BCUT2D eigenvalue weighted by Gasteiger charge is 2.41. The predicted octanol–water partition coefficient (Wildman–Crippen LogP) is 4.74. The van der Waals surface area contributed by atoms with Crippen molar-refractivity contribution in [1.82, 2.24) is 24.6 Å². The molecule has 7 nitrogen and oxygen atoms in total. The largest absolute Gasteiger partial charge is 0.298 e. The van der Waals surface area contributed by atoms with Crippen LogP contribution in [0.4, 0.5) is 0 Å². The highest BCUT2D eigenvalue weighted by Crippen LogP contribution is 2.42. The molecule has 37 heavy (non-hydrogen) atoms. The van der Waals surface area contributed by atoms with Crippen molar-refractivity contribution in [3.05, 3.63) is 77.9 Å². The number of nitrogens with one attached hydrogen (secondary N) is 1. The van der Waals surface area contributed by atoms with Crippen LogP contribution in [0, 0.1) is 5.92 Å². The van der Waals surface area contributed by atoms with E-state index in [0.29, 0.717) is 24.3 Å². The lowest BCUT2D eigenvalue weighted by atomic mass is 9.74. The van der Waals surface area contributed by atoms with Crippen molar-refractivity contribution in [1.29, 1.82) is 0 Å². The van der Waals surface area contributed by atoms with Gasteiger partial charge < -0.3 is 0 Å². The van der Waals surface area contributed by atoms with E-state index in [0.717, 1.165) is 67.1 Å². The molecule has 3 aliphatic heterocycles. The fourth-order valence-corrected chi connectivity index (χ4v) is 7.15. The van der Waals surface area contributed by atoms with E-state index in [1.54, 1.807) is 12.4 Å². The Kier molecular flexibility index (Phi) is 7.98. The molecule has 2 bridgehead atoms. The third kappa shape index (κ3) is 6.08. The molecule has 196 valence electrons. The highest BCUT2D eigenvalue weighted by atomic mass is 32.2. The standard InChI is InChI=1S/C29H37N5O2S/c1-3-22(4-2)27-17-28(33-29(32-27)23-10-13-30-14-11-23)26-19-34-15-12-24(26)16-25(34)18-31-37(35,36)20-21-8-6-5-7-9-21/h5-11,13-14,17,22,24-26,31H,3-4,12,15-16,18-20H2,1-2H3/t24-,25+,26+/m0/s1. The minimum absolute atomic E-state index is 0.0180. The third-order valence-electron chi connectivity index (χ3n) is 8.11. The molecule has 5 heterocycles. The van der Waals surface area contributed by atoms with Gasteiger partial charge in [-0.2, -0.15) is 0 Å². The smallest absolute Gasteiger partial charge is 0.215 e. The van der Waals surface area contributed by atoms with Crippen LogP contribution in [0.25, 0.3) is 11.4 Å². The number of benzene rings is 1. The molecule has 0 aliphatic carbocycles. The maximum absolute atomic E-state index is 12.7. The topological polar surface area (TPSA) is 88.1 Å². The Morgan fingerprint density at radius 3 is 2.49 bits per heavy atom. The average Bonchev–Trinajstić information content (AvgIpc) is 2.93. The Labute approximate surface area is 220 Å². The summed E-state index contributed by atoms with van der Waals surface area (Å²) in [6.07, 6.45) is 7.78. The maximum Gasteiger partial charge on any atom is 0.215 e. The summed E-state index contributed by atoms with van der Waals surface area (Å²) in [6.45, 7) is 6.82. The first kappa shape index (κ1) is 25.9. The van der Waals surface area contributed by atoms with E-state index in [1.807, 2.05) is 42.5 Å². The molecule has 0 spiro atoms. The van der Waals surface area contributed by atoms with Crippen LogP contribution in [0.2, 0.25) is 0 Å². The molecular weight excluding hydrogens is 482 g/mol. The van der Waals surface area contributed by atoms with E-state index >= 15 is 0 Å². The first-order chi connectivity index (χ1) is 18.0. The Morgan fingerprint density at radius 2 is 1.81 bits per heavy atom. The minimum atomic E-state index is -3.38. The van der Waals surface area contributed by atoms with Crippen LogP contribution in [-0.2, 0) is 15.8 Å². The number of rotatable bonds is 10. The van der Waals surface area contributed by atoms with E-state index in [9.17, 15) is 8.42 Å². The molecule has 6 rings (SSSR count). The lowest BCUT2D eigenvalue weighted by Gasteiger charge is -2.49. The van der Waals surface area contributed by atoms with Crippen LogP contribution in [0.1, 0.15) is 68.3 Å². The predicted molar refractivity (Wildman–Crippen MR) is 146 cm³/mol. The van der Waals surface area contributed by atoms with Crippen molar-refractivity contribution in [3.8, 4) is 11.4 Å². The molecule has 0 radical (unpaired) electrons. The van der Waals surface area contributed by atoms with Gasteiger partial charge in [0.2, 0.25) is 10.0 Å². The second-order valence-corrected chi connectivity index (χ2v) is 12.2. The number of pyridine rings is 1. The Hall–Kier alpha value is -2.68. The summed E-state index contributed by atoms with van der Waals surface area (Å²) in [4.78, 5) is 16.7. The summed E-state index contributed by atoms with van der Waals surface area (Å²) in [5.74, 6) is 2.04. The second kappa shape index (κ2) is 11.4. The van der Waals surface area contributed by atoms with Crippen LogP contribution >= 0.6 is 0 Å². The summed E-state index contributed by atoms with van der Waals surface area (Å²) in [5.41, 5.74) is 4.06. The zero-order valence-corrected chi connectivity index (χ0v) is 22.6. The van der Waals surface area contributed by atoms with Crippen molar-refractivity contribution in [2.75, 3.05) is 19.6 Å². The molecule has 3 aliphatic rings. The van der Waals surface area contributed by atoms with Gasteiger partial charge in [0, 0.05) is 60.3 Å². The summed E-state index contributed by atoms with van der Waals surface area (Å²) < 4.78 is 28.3. The van der Waals surface area contributed by atoms with Crippen molar-refractivity contribution < 1.29 is 8.42 Å². The van der Waals surface area contributed by atoms with Crippen LogP contribution in [0.5, 0.6) is 0 Å². The molecule has 3 aromatic rings. The van der Waals surface area contributed by atoms with Crippen LogP contribution in [-0.4, -0.2) is 53.9 Å². The minimum Gasteiger partial charge on any atom is -0.298 e. The molecule has 0 amide bonds. The van der Waals surface area contributed by atoms with Crippen LogP contribution < -0.4 is 4.72 Å². The monoisotopic (exact) mass is 519 g/mol. The van der Waals surface area contributed by atoms with E-state index < -0.39 is 10.0 Å². The molecule has 2 aromatic heterocycles. The van der Waals surface area contributed by atoms with Gasteiger partial charge >= 0.3 is 0 Å². The lowest BCUT2D eigenvalue weighted by Crippen LogP contribution is -2.56. The summed E-state index contributed by atoms with van der Waals surface area (Å²) in [7, 11) is -3.38. The lowest BCUT2D eigenvalue weighted by molar-refractivity contribution is 0.0317. The van der Waals surface area contributed by atoms with Crippen molar-refractivity contribution in [2.24, 2.45) is 5.92 Å². The van der Waals surface area contributed by atoms with Gasteiger partial charge in [-0.3, -0.25) is 9.88 Å². The molecule has 3 fully saturated rings. The van der Waals surface area contributed by atoms with Gasteiger partial charge in [0.25, 0.3) is 0 Å². The summed E-state index contributed by atoms with van der Waals surface area (Å²) in [6, 6.07) is 15.8. The summed E-state index contributed by atoms with van der Waals surface area (Å²) in [5, 5.41) is 0. The third-order valence-corrected chi connectivity index (χ3v) is 9.42. The SMILES string of the molecule is CCC(CC)c1cc([C@@H]2CN3CC[C@H]2C[C@@H]3CNS(=O)(=O)Cc2ccccc2)nc(-c2ccncc2)n1. The summed E-state index contributed by atoms with van der Waals surface area (Å²) >= 11 is 0. The van der Waals surface area contributed by atoms with Gasteiger partial charge in [0.15, 0.2) is 5.82 Å². The Morgan fingerprint density at radius 1 is 1.05 bits per heavy atom. The number of piperidine rings is 3. The maximum atomic E-state index is 12.7. The molecule has 3 saturated heterocycles. The van der Waals surface area contributed by atoms with Crippen molar-refractivity contribution in [3.63, 3.8) is 0 Å². The van der Waals surface area contributed by atoms with Gasteiger partial charge in [0.05, 0.1) is 5.75 Å². The number of hydrogen-bond donors (Lipinski definition) is 1. The van der Waals surface area contributed by atoms with E-state index in [-0.39, 0.29) is 11.8 Å². The van der Waals surface area contributed by atoms with Gasteiger partial charge in [-0.25, -0.2) is 23.1 Å². The molecule has 1 unspecified atom stereocenters. The average molecular weight is 520 g/mol. The van der Waals surface area contributed by atoms with E-state index in [4.69, 9.17) is 9.97 Å². The molecule has 8 heteroatoms. The molecule has 4 atom stereocenters. The molecule has 1 N–H and O–H groups in total. The molecule has 1 aromatic carbocycles. The van der Waals surface area contributed by atoms with Crippen LogP contribution in [0.15, 0.2) is 60.9 Å². The zero-order valence-electron chi connectivity index (χ0n) is 21.8. The molecular formula is C29H37N5O2S.